The highest BCUT2D eigenvalue weighted by Gasteiger charge is 2.20. The molecule has 0 spiro atoms. The topological polar surface area (TPSA) is 87.9 Å². The number of likely N-dealkylation sites (tertiary alicyclic amines) is 1. The van der Waals surface area contributed by atoms with Crippen LogP contribution in [-0.2, 0) is 4.79 Å². The van der Waals surface area contributed by atoms with E-state index < -0.39 is 0 Å². The lowest BCUT2D eigenvalue weighted by Gasteiger charge is -2.30. The summed E-state index contributed by atoms with van der Waals surface area (Å²) in [6, 6.07) is 0. The molecule has 94 valence electrons. The van der Waals surface area contributed by atoms with Gasteiger partial charge in [-0.25, -0.2) is 5.10 Å². The number of thioether (sulfide) groups is 1. The van der Waals surface area contributed by atoms with Crippen molar-refractivity contribution < 1.29 is 4.79 Å². The molecule has 17 heavy (non-hydrogen) atoms. The van der Waals surface area contributed by atoms with Gasteiger partial charge in [0.1, 0.15) is 0 Å². The number of nitrogen functional groups attached to an aromatic ring is 1. The van der Waals surface area contributed by atoms with E-state index in [4.69, 9.17) is 5.73 Å². The molecule has 3 N–H and O–H groups in total. The third-order valence-corrected chi connectivity index (χ3v) is 3.78. The summed E-state index contributed by atoms with van der Waals surface area (Å²) >= 11 is 1.32. The molecule has 1 fully saturated rings. The van der Waals surface area contributed by atoms with Crippen molar-refractivity contribution >= 4 is 23.6 Å². The van der Waals surface area contributed by atoms with Crippen LogP contribution in [0.2, 0.25) is 0 Å². The number of H-pyrrole nitrogens is 1. The normalized spacial score (nSPS) is 17.4. The van der Waals surface area contributed by atoms with Crippen LogP contribution in [0.15, 0.2) is 5.16 Å². The first-order valence-electron chi connectivity index (χ1n) is 5.73. The van der Waals surface area contributed by atoms with Crippen molar-refractivity contribution in [1.82, 2.24) is 20.1 Å². The molecule has 1 amide bonds. The minimum absolute atomic E-state index is 0.158. The highest BCUT2D eigenvalue weighted by molar-refractivity contribution is 7.99. The van der Waals surface area contributed by atoms with Crippen LogP contribution in [0.3, 0.4) is 0 Å². The SMILES string of the molecule is CC1CCN(C(=O)CSc2n[nH]c(N)n2)CC1. The third-order valence-electron chi connectivity index (χ3n) is 2.94. The van der Waals surface area contributed by atoms with Crippen molar-refractivity contribution in [3.8, 4) is 0 Å². The van der Waals surface area contributed by atoms with E-state index in [1.165, 1.54) is 11.8 Å². The molecule has 0 bridgehead atoms. The van der Waals surface area contributed by atoms with Gasteiger partial charge < -0.3 is 10.6 Å². The first kappa shape index (κ1) is 12.2. The summed E-state index contributed by atoms with van der Waals surface area (Å²) in [5, 5.41) is 6.95. The Balaban J connectivity index is 1.77. The van der Waals surface area contributed by atoms with Gasteiger partial charge in [0.15, 0.2) is 0 Å². The molecule has 6 nitrogen and oxygen atoms in total. The van der Waals surface area contributed by atoms with Gasteiger partial charge in [0.2, 0.25) is 17.0 Å². The number of hydrogen-bond donors (Lipinski definition) is 2. The Morgan fingerprint density at radius 1 is 1.59 bits per heavy atom. The molecule has 2 rings (SSSR count). The van der Waals surface area contributed by atoms with E-state index in [1.807, 2.05) is 4.90 Å². The second-order valence-corrected chi connectivity index (χ2v) is 5.30. The van der Waals surface area contributed by atoms with Gasteiger partial charge in [-0.3, -0.25) is 4.79 Å². The van der Waals surface area contributed by atoms with E-state index in [0.717, 1.165) is 31.8 Å². The zero-order valence-electron chi connectivity index (χ0n) is 9.85. The van der Waals surface area contributed by atoms with E-state index in [2.05, 4.69) is 22.1 Å². The summed E-state index contributed by atoms with van der Waals surface area (Å²) in [5.41, 5.74) is 5.41. The van der Waals surface area contributed by atoms with Crippen molar-refractivity contribution in [2.24, 2.45) is 5.92 Å². The van der Waals surface area contributed by atoms with E-state index in [0.29, 0.717) is 10.9 Å². The number of aromatic nitrogens is 3. The summed E-state index contributed by atoms with van der Waals surface area (Å²) in [5.74, 6) is 1.56. The van der Waals surface area contributed by atoms with Crippen molar-refractivity contribution in [1.29, 1.82) is 0 Å². The van der Waals surface area contributed by atoms with Crippen LogP contribution in [-0.4, -0.2) is 44.8 Å². The van der Waals surface area contributed by atoms with Gasteiger partial charge in [-0.1, -0.05) is 18.7 Å². The fourth-order valence-electron chi connectivity index (χ4n) is 1.80. The Morgan fingerprint density at radius 2 is 2.29 bits per heavy atom. The van der Waals surface area contributed by atoms with E-state index in [1.54, 1.807) is 0 Å². The van der Waals surface area contributed by atoms with Crippen LogP contribution in [0.1, 0.15) is 19.8 Å². The molecule has 1 aromatic rings. The third kappa shape index (κ3) is 3.36. The number of nitrogens with two attached hydrogens (primary N) is 1. The number of amides is 1. The Kier molecular flexibility index (Phi) is 3.88. The van der Waals surface area contributed by atoms with Crippen LogP contribution in [0.4, 0.5) is 5.95 Å². The predicted octanol–water partition coefficient (Wildman–Crippen LogP) is 0.738. The monoisotopic (exact) mass is 255 g/mol. The van der Waals surface area contributed by atoms with Gasteiger partial charge in [-0.15, -0.1) is 5.10 Å². The molecule has 0 aliphatic carbocycles. The molecule has 1 aromatic heterocycles. The fraction of sp³-hybridized carbons (Fsp3) is 0.700. The molecule has 0 saturated carbocycles. The average molecular weight is 255 g/mol. The minimum Gasteiger partial charge on any atom is -0.368 e. The highest BCUT2D eigenvalue weighted by Crippen LogP contribution is 2.18. The van der Waals surface area contributed by atoms with Crippen molar-refractivity contribution in [3.63, 3.8) is 0 Å². The molecule has 0 radical (unpaired) electrons. The minimum atomic E-state index is 0.158. The fourth-order valence-corrected chi connectivity index (χ4v) is 2.51. The Morgan fingerprint density at radius 3 is 2.88 bits per heavy atom. The van der Waals surface area contributed by atoms with E-state index in [9.17, 15) is 4.79 Å². The van der Waals surface area contributed by atoms with E-state index >= 15 is 0 Å². The van der Waals surface area contributed by atoms with Gasteiger partial charge in [0.05, 0.1) is 5.75 Å². The molecule has 0 aromatic carbocycles. The van der Waals surface area contributed by atoms with Gasteiger partial charge in [-0.05, 0) is 18.8 Å². The molecule has 0 unspecified atom stereocenters. The lowest BCUT2D eigenvalue weighted by molar-refractivity contribution is -0.129. The molecule has 1 saturated heterocycles. The lowest BCUT2D eigenvalue weighted by atomic mass is 9.99. The summed E-state index contributed by atoms with van der Waals surface area (Å²) in [7, 11) is 0. The number of nitrogens with zero attached hydrogens (tertiary/aromatic N) is 3. The first-order chi connectivity index (χ1) is 8.15. The molecule has 7 heteroatoms. The number of hydrogen-bond acceptors (Lipinski definition) is 5. The first-order valence-corrected chi connectivity index (χ1v) is 6.72. The number of aromatic amines is 1. The number of anilines is 1. The largest absolute Gasteiger partial charge is 0.368 e. The molecule has 0 atom stereocenters. The highest BCUT2D eigenvalue weighted by atomic mass is 32.2. The zero-order chi connectivity index (χ0) is 12.3. The van der Waals surface area contributed by atoms with Gasteiger partial charge in [0.25, 0.3) is 0 Å². The Labute approximate surface area is 104 Å². The molecule has 2 heterocycles. The van der Waals surface area contributed by atoms with E-state index in [-0.39, 0.29) is 11.9 Å². The number of carbonyl (C=O) groups is 1. The molecular formula is C10H17N5OS. The quantitative estimate of drug-likeness (QED) is 0.778. The summed E-state index contributed by atoms with van der Waals surface area (Å²) in [4.78, 5) is 17.8. The molecular weight excluding hydrogens is 238 g/mol. The summed E-state index contributed by atoms with van der Waals surface area (Å²) in [6.07, 6.45) is 2.20. The lowest BCUT2D eigenvalue weighted by Crippen LogP contribution is -2.38. The maximum atomic E-state index is 11.9. The van der Waals surface area contributed by atoms with Gasteiger partial charge in [0, 0.05) is 13.1 Å². The van der Waals surface area contributed by atoms with Crippen LogP contribution in [0.5, 0.6) is 0 Å². The maximum absolute atomic E-state index is 11.9. The zero-order valence-corrected chi connectivity index (χ0v) is 10.7. The number of nitrogens with one attached hydrogen (secondary N) is 1. The summed E-state index contributed by atoms with van der Waals surface area (Å²) in [6.45, 7) is 3.97. The van der Waals surface area contributed by atoms with Gasteiger partial charge >= 0.3 is 0 Å². The molecule has 1 aliphatic heterocycles. The predicted molar refractivity (Wildman–Crippen MR) is 66.5 cm³/mol. The van der Waals surface area contributed by atoms with Crippen molar-refractivity contribution in [3.05, 3.63) is 0 Å². The van der Waals surface area contributed by atoms with Crippen LogP contribution < -0.4 is 5.73 Å². The smallest absolute Gasteiger partial charge is 0.233 e. The number of rotatable bonds is 3. The van der Waals surface area contributed by atoms with Gasteiger partial charge in [-0.2, -0.15) is 4.98 Å². The Hall–Kier alpha value is -1.24. The number of piperidine rings is 1. The Bertz CT molecular complexity index is 386. The number of carbonyl (C=O) groups excluding carboxylic acids is 1. The van der Waals surface area contributed by atoms with Crippen molar-refractivity contribution in [2.75, 3.05) is 24.6 Å². The maximum Gasteiger partial charge on any atom is 0.233 e. The van der Waals surface area contributed by atoms with Crippen molar-refractivity contribution in [2.45, 2.75) is 24.9 Å². The van der Waals surface area contributed by atoms with Crippen LogP contribution >= 0.6 is 11.8 Å². The van der Waals surface area contributed by atoms with Crippen LogP contribution in [0.25, 0.3) is 0 Å². The second-order valence-electron chi connectivity index (χ2n) is 4.36. The average Bonchev–Trinajstić information content (AvgIpc) is 2.73. The second kappa shape index (κ2) is 5.39. The molecule has 1 aliphatic rings. The standard InChI is InChI=1S/C10H17N5OS/c1-7-2-4-15(5-3-7)8(16)6-17-10-12-9(11)13-14-10/h7H,2-6H2,1H3,(H3,11,12,13,14). The van der Waals surface area contributed by atoms with Crippen LogP contribution in [0, 0.1) is 5.92 Å². The summed E-state index contributed by atoms with van der Waals surface area (Å²) < 4.78 is 0.